The van der Waals surface area contributed by atoms with E-state index >= 15 is 0 Å². The third-order valence-corrected chi connectivity index (χ3v) is 3.11. The predicted octanol–water partition coefficient (Wildman–Crippen LogP) is 3.51. The number of rotatable bonds is 4. The molecule has 5 nitrogen and oxygen atoms in total. The summed E-state index contributed by atoms with van der Waals surface area (Å²) in [4.78, 5) is 13.3. The quantitative estimate of drug-likeness (QED) is 0.765. The highest BCUT2D eigenvalue weighted by Gasteiger charge is 2.05. The molecule has 0 aliphatic rings. The van der Waals surface area contributed by atoms with Gasteiger partial charge in [0.1, 0.15) is 5.82 Å². The molecular weight excluding hydrogens is 262 g/mol. The molecule has 3 aromatic rings. The molecule has 0 saturated carbocycles. The summed E-state index contributed by atoms with van der Waals surface area (Å²) in [7, 11) is 0. The minimum Gasteiger partial charge on any atom is -0.369 e. The van der Waals surface area contributed by atoms with Gasteiger partial charge in [-0.15, -0.1) is 0 Å². The Labute approximate surface area is 123 Å². The molecule has 106 valence electrons. The SMILES string of the molecule is CCNc1cncc(Nc2cccc3ccc(C)nc23)n1. The van der Waals surface area contributed by atoms with Crippen LogP contribution in [0.4, 0.5) is 17.3 Å². The Morgan fingerprint density at radius 2 is 1.86 bits per heavy atom. The summed E-state index contributed by atoms with van der Waals surface area (Å²) in [6.45, 7) is 4.83. The topological polar surface area (TPSA) is 62.7 Å². The summed E-state index contributed by atoms with van der Waals surface area (Å²) in [6.07, 6.45) is 3.41. The second kappa shape index (κ2) is 5.75. The number of nitrogens with one attached hydrogen (secondary N) is 2. The molecule has 0 aliphatic carbocycles. The first-order valence-corrected chi connectivity index (χ1v) is 6.95. The van der Waals surface area contributed by atoms with Crippen LogP contribution in [0.2, 0.25) is 0 Å². The van der Waals surface area contributed by atoms with E-state index in [2.05, 4.69) is 31.7 Å². The molecule has 3 rings (SSSR count). The van der Waals surface area contributed by atoms with Gasteiger partial charge in [0.05, 0.1) is 23.6 Å². The van der Waals surface area contributed by atoms with E-state index in [0.717, 1.165) is 34.6 Å². The Morgan fingerprint density at radius 1 is 1.00 bits per heavy atom. The largest absolute Gasteiger partial charge is 0.369 e. The van der Waals surface area contributed by atoms with Crippen molar-refractivity contribution in [3.63, 3.8) is 0 Å². The molecule has 0 unspecified atom stereocenters. The van der Waals surface area contributed by atoms with Gasteiger partial charge < -0.3 is 10.6 Å². The lowest BCUT2D eigenvalue weighted by molar-refractivity contribution is 1.12. The standard InChI is InChI=1S/C16H17N5/c1-3-18-14-9-17-10-15(21-14)20-13-6-4-5-12-8-7-11(2)19-16(12)13/h4-10H,3H2,1-2H3,(H2,18,20,21). The zero-order valence-electron chi connectivity index (χ0n) is 12.1. The number of para-hydroxylation sites is 1. The summed E-state index contributed by atoms with van der Waals surface area (Å²) >= 11 is 0. The number of benzene rings is 1. The molecule has 0 radical (unpaired) electrons. The van der Waals surface area contributed by atoms with Crippen LogP contribution >= 0.6 is 0 Å². The van der Waals surface area contributed by atoms with Crippen LogP contribution < -0.4 is 10.6 Å². The van der Waals surface area contributed by atoms with Gasteiger partial charge in [-0.2, -0.15) is 0 Å². The second-order valence-corrected chi connectivity index (χ2v) is 4.77. The van der Waals surface area contributed by atoms with E-state index in [4.69, 9.17) is 0 Å². The molecule has 2 aromatic heterocycles. The maximum Gasteiger partial charge on any atom is 0.151 e. The van der Waals surface area contributed by atoms with E-state index in [-0.39, 0.29) is 0 Å². The fourth-order valence-electron chi connectivity index (χ4n) is 2.18. The van der Waals surface area contributed by atoms with Gasteiger partial charge in [0.15, 0.2) is 5.82 Å². The van der Waals surface area contributed by atoms with Crippen molar-refractivity contribution in [2.45, 2.75) is 13.8 Å². The first kappa shape index (κ1) is 13.3. The van der Waals surface area contributed by atoms with Crippen LogP contribution in [0.25, 0.3) is 10.9 Å². The molecular formula is C16H17N5. The Bertz CT molecular complexity index is 769. The maximum atomic E-state index is 4.60. The van der Waals surface area contributed by atoms with Crippen LogP contribution in [0.1, 0.15) is 12.6 Å². The van der Waals surface area contributed by atoms with Crippen LogP contribution in [0.3, 0.4) is 0 Å². The maximum absolute atomic E-state index is 4.60. The number of aromatic nitrogens is 3. The van der Waals surface area contributed by atoms with Gasteiger partial charge in [-0.1, -0.05) is 18.2 Å². The molecule has 0 saturated heterocycles. The molecule has 0 aliphatic heterocycles. The Kier molecular flexibility index (Phi) is 3.64. The average Bonchev–Trinajstić information content (AvgIpc) is 2.49. The van der Waals surface area contributed by atoms with Crippen LogP contribution in [0.5, 0.6) is 0 Å². The molecule has 2 heterocycles. The summed E-state index contributed by atoms with van der Waals surface area (Å²) in [5.74, 6) is 1.45. The molecule has 2 N–H and O–H groups in total. The summed E-state index contributed by atoms with van der Waals surface area (Å²) in [5.41, 5.74) is 2.86. The molecule has 21 heavy (non-hydrogen) atoms. The van der Waals surface area contributed by atoms with Crippen LogP contribution in [0, 0.1) is 6.92 Å². The normalized spacial score (nSPS) is 10.6. The highest BCUT2D eigenvalue weighted by atomic mass is 15.1. The van der Waals surface area contributed by atoms with Crippen molar-refractivity contribution >= 4 is 28.2 Å². The lowest BCUT2D eigenvalue weighted by Gasteiger charge is -2.10. The van der Waals surface area contributed by atoms with Crippen molar-refractivity contribution in [1.82, 2.24) is 15.0 Å². The molecule has 0 fully saturated rings. The zero-order valence-corrected chi connectivity index (χ0v) is 12.1. The summed E-state index contributed by atoms with van der Waals surface area (Å²) in [6, 6.07) is 10.1. The third kappa shape index (κ3) is 2.91. The minimum atomic E-state index is 0.698. The molecule has 0 bridgehead atoms. The van der Waals surface area contributed by atoms with E-state index in [9.17, 15) is 0 Å². The van der Waals surface area contributed by atoms with Crippen LogP contribution in [0.15, 0.2) is 42.7 Å². The van der Waals surface area contributed by atoms with Gasteiger partial charge in [-0.3, -0.25) is 9.97 Å². The number of anilines is 3. The van der Waals surface area contributed by atoms with Crippen molar-refractivity contribution in [3.8, 4) is 0 Å². The minimum absolute atomic E-state index is 0.698. The van der Waals surface area contributed by atoms with Crippen molar-refractivity contribution < 1.29 is 0 Å². The van der Waals surface area contributed by atoms with Crippen molar-refractivity contribution in [3.05, 3.63) is 48.4 Å². The van der Waals surface area contributed by atoms with E-state index in [1.54, 1.807) is 12.4 Å². The first-order valence-electron chi connectivity index (χ1n) is 6.95. The van der Waals surface area contributed by atoms with E-state index in [1.165, 1.54) is 0 Å². The third-order valence-electron chi connectivity index (χ3n) is 3.11. The Balaban J connectivity index is 1.98. The molecule has 1 aromatic carbocycles. The lowest BCUT2D eigenvalue weighted by atomic mass is 10.2. The molecule has 0 amide bonds. The highest BCUT2D eigenvalue weighted by molar-refractivity contribution is 5.91. The summed E-state index contributed by atoms with van der Waals surface area (Å²) in [5, 5.41) is 7.55. The summed E-state index contributed by atoms with van der Waals surface area (Å²) < 4.78 is 0. The van der Waals surface area contributed by atoms with Gasteiger partial charge in [0, 0.05) is 17.6 Å². The molecule has 0 spiro atoms. The van der Waals surface area contributed by atoms with Crippen molar-refractivity contribution in [1.29, 1.82) is 0 Å². The fourth-order valence-corrected chi connectivity index (χ4v) is 2.18. The van der Waals surface area contributed by atoms with Gasteiger partial charge in [0.25, 0.3) is 0 Å². The van der Waals surface area contributed by atoms with Gasteiger partial charge in [-0.25, -0.2) is 4.98 Å². The zero-order chi connectivity index (χ0) is 14.7. The number of hydrogen-bond donors (Lipinski definition) is 2. The Morgan fingerprint density at radius 3 is 2.71 bits per heavy atom. The fraction of sp³-hybridized carbons (Fsp3) is 0.188. The number of fused-ring (bicyclic) bond motifs is 1. The molecule has 0 atom stereocenters. The number of hydrogen-bond acceptors (Lipinski definition) is 5. The van der Waals surface area contributed by atoms with E-state index in [0.29, 0.717) is 5.82 Å². The molecule has 5 heteroatoms. The highest BCUT2D eigenvalue weighted by Crippen LogP contribution is 2.24. The number of pyridine rings is 1. The monoisotopic (exact) mass is 279 g/mol. The van der Waals surface area contributed by atoms with Crippen LogP contribution in [-0.2, 0) is 0 Å². The van der Waals surface area contributed by atoms with Crippen molar-refractivity contribution in [2.75, 3.05) is 17.2 Å². The van der Waals surface area contributed by atoms with Gasteiger partial charge >= 0.3 is 0 Å². The number of aryl methyl sites for hydroxylation is 1. The van der Waals surface area contributed by atoms with Crippen molar-refractivity contribution in [2.24, 2.45) is 0 Å². The number of nitrogens with zero attached hydrogens (tertiary/aromatic N) is 3. The van der Waals surface area contributed by atoms with E-state index in [1.807, 2.05) is 38.1 Å². The predicted molar refractivity (Wildman–Crippen MR) is 86.0 cm³/mol. The average molecular weight is 279 g/mol. The first-order chi connectivity index (χ1) is 10.3. The van der Waals surface area contributed by atoms with Gasteiger partial charge in [-0.05, 0) is 26.0 Å². The smallest absolute Gasteiger partial charge is 0.151 e. The van der Waals surface area contributed by atoms with E-state index < -0.39 is 0 Å². The lowest BCUT2D eigenvalue weighted by Crippen LogP contribution is -2.02. The van der Waals surface area contributed by atoms with Gasteiger partial charge in [0.2, 0.25) is 0 Å². The Hall–Kier alpha value is -2.69. The van der Waals surface area contributed by atoms with Crippen LogP contribution in [-0.4, -0.2) is 21.5 Å². The second-order valence-electron chi connectivity index (χ2n) is 4.77.